The second kappa shape index (κ2) is 13.4. The van der Waals surface area contributed by atoms with Crippen LogP contribution in [0.2, 0.25) is 0 Å². The van der Waals surface area contributed by atoms with Gasteiger partial charge in [-0.2, -0.15) is 0 Å². The highest BCUT2D eigenvalue weighted by atomic mass is 16.5. The molecule has 0 aromatic heterocycles. The molecule has 0 aliphatic carbocycles. The summed E-state index contributed by atoms with van der Waals surface area (Å²) in [7, 11) is 1.69. The summed E-state index contributed by atoms with van der Waals surface area (Å²) in [6.45, 7) is 0.633. The van der Waals surface area contributed by atoms with Crippen molar-refractivity contribution in [2.75, 3.05) is 17.3 Å². The van der Waals surface area contributed by atoms with Crippen LogP contribution in [0.1, 0.15) is 11.1 Å². The molecule has 0 radical (unpaired) electrons. The molecule has 0 saturated carbocycles. The first kappa shape index (κ1) is 27.6. The Morgan fingerprint density at radius 3 is 1.93 bits per heavy atom. The molecule has 210 valence electrons. The van der Waals surface area contributed by atoms with Gasteiger partial charge in [-0.25, -0.2) is 0 Å². The lowest BCUT2D eigenvalue weighted by Gasteiger charge is -2.29. The fraction of sp³-hybridized carbons (Fsp3) is 0.0513. The Morgan fingerprint density at radius 1 is 0.628 bits per heavy atom. The van der Waals surface area contributed by atoms with Gasteiger partial charge >= 0.3 is 0 Å². The molecule has 0 aliphatic rings. The molecule has 43 heavy (non-hydrogen) atoms. The van der Waals surface area contributed by atoms with Gasteiger partial charge in [-0.1, -0.05) is 97.1 Å². The molecule has 6 rings (SSSR count). The number of ether oxygens (including phenoxy) is 1. The number of rotatable bonds is 10. The lowest BCUT2D eigenvalue weighted by molar-refractivity contribution is 0.415. The molecule has 0 spiro atoms. The first-order chi connectivity index (χ1) is 21.3. The third-order valence-corrected chi connectivity index (χ3v) is 7.24. The number of hydrogen-bond acceptors (Lipinski definition) is 4. The van der Waals surface area contributed by atoms with Crippen LogP contribution >= 0.6 is 0 Å². The quantitative estimate of drug-likeness (QED) is 0.170. The highest BCUT2D eigenvalue weighted by Gasteiger charge is 2.20. The van der Waals surface area contributed by atoms with Gasteiger partial charge in [0.15, 0.2) is 0 Å². The zero-order chi connectivity index (χ0) is 29.3. The van der Waals surface area contributed by atoms with Crippen LogP contribution in [0.3, 0.4) is 0 Å². The number of nitrogens with one attached hydrogen (secondary N) is 1. The van der Waals surface area contributed by atoms with Crippen LogP contribution in [-0.4, -0.2) is 13.3 Å². The summed E-state index contributed by atoms with van der Waals surface area (Å²) in [4.78, 5) is 6.91. The summed E-state index contributed by atoms with van der Waals surface area (Å²) < 4.78 is 5.45. The number of anilines is 5. The summed E-state index contributed by atoms with van der Waals surface area (Å²) in [6, 6.07) is 54.3. The van der Waals surface area contributed by atoms with E-state index in [9.17, 15) is 0 Å². The maximum Gasteiger partial charge on any atom is 0.119 e. The molecule has 0 saturated heterocycles. The molecular formula is C39H33N3O. The van der Waals surface area contributed by atoms with Gasteiger partial charge in [0, 0.05) is 34.5 Å². The van der Waals surface area contributed by atoms with E-state index >= 15 is 0 Å². The summed E-state index contributed by atoms with van der Waals surface area (Å²) >= 11 is 0. The minimum absolute atomic E-state index is 0.633. The molecule has 0 bridgehead atoms. The van der Waals surface area contributed by atoms with Gasteiger partial charge < -0.3 is 15.0 Å². The van der Waals surface area contributed by atoms with Gasteiger partial charge in [0.1, 0.15) is 5.75 Å². The standard InChI is InChI=1S/C39H33N3O/c1-43-36-26-24-35(25-27-36)42(34-16-9-4-10-17-34)38-19-11-18-37(39(38)32-14-7-3-8-15-32)41-33-22-20-31(21-23-33)29-40-28-30-12-5-2-6-13-30/h2-28,41H,29H2,1H3/b40-28+. The third kappa shape index (κ3) is 6.66. The van der Waals surface area contributed by atoms with Crippen LogP contribution in [0, 0.1) is 0 Å². The predicted octanol–water partition coefficient (Wildman–Crippen LogP) is 10.2. The van der Waals surface area contributed by atoms with Crippen molar-refractivity contribution >= 4 is 34.7 Å². The second-order valence-corrected chi connectivity index (χ2v) is 10.1. The van der Waals surface area contributed by atoms with E-state index in [2.05, 4.69) is 137 Å². The highest BCUT2D eigenvalue weighted by molar-refractivity contribution is 5.95. The number of hydrogen-bond donors (Lipinski definition) is 1. The number of aliphatic imine (C=N–C) groups is 1. The highest BCUT2D eigenvalue weighted by Crippen LogP contribution is 2.45. The Labute approximate surface area is 253 Å². The van der Waals surface area contributed by atoms with E-state index in [1.54, 1.807) is 7.11 Å². The number of benzene rings is 6. The molecule has 6 aromatic rings. The zero-order valence-corrected chi connectivity index (χ0v) is 24.1. The topological polar surface area (TPSA) is 36.9 Å². The summed E-state index contributed by atoms with van der Waals surface area (Å²) in [5, 5.41) is 3.71. The first-order valence-electron chi connectivity index (χ1n) is 14.4. The van der Waals surface area contributed by atoms with E-state index in [0.29, 0.717) is 6.54 Å². The van der Waals surface area contributed by atoms with E-state index in [4.69, 9.17) is 4.74 Å². The van der Waals surface area contributed by atoms with Crippen molar-refractivity contribution in [3.63, 3.8) is 0 Å². The van der Waals surface area contributed by atoms with Crippen LogP contribution in [0.4, 0.5) is 28.4 Å². The van der Waals surface area contributed by atoms with Crippen molar-refractivity contribution < 1.29 is 4.74 Å². The van der Waals surface area contributed by atoms with Gasteiger partial charge in [-0.3, -0.25) is 4.99 Å². The zero-order valence-electron chi connectivity index (χ0n) is 24.1. The first-order valence-corrected chi connectivity index (χ1v) is 14.4. The third-order valence-electron chi connectivity index (χ3n) is 7.24. The van der Waals surface area contributed by atoms with Gasteiger partial charge in [-0.05, 0) is 77.4 Å². The number of para-hydroxylation sites is 1. The molecule has 1 N–H and O–H groups in total. The normalized spacial score (nSPS) is 10.9. The monoisotopic (exact) mass is 559 g/mol. The van der Waals surface area contributed by atoms with Gasteiger partial charge in [0.25, 0.3) is 0 Å². The van der Waals surface area contributed by atoms with Gasteiger partial charge in [0.05, 0.1) is 19.3 Å². The number of nitrogens with zero attached hydrogens (tertiary/aromatic N) is 2. The molecule has 0 amide bonds. The van der Waals surface area contributed by atoms with Gasteiger partial charge in [0.2, 0.25) is 0 Å². The molecular weight excluding hydrogens is 526 g/mol. The maximum atomic E-state index is 5.45. The lowest BCUT2D eigenvalue weighted by Crippen LogP contribution is -2.12. The van der Waals surface area contributed by atoms with Crippen LogP contribution in [0.25, 0.3) is 11.1 Å². The van der Waals surface area contributed by atoms with Gasteiger partial charge in [-0.15, -0.1) is 0 Å². The average Bonchev–Trinajstić information content (AvgIpc) is 3.07. The summed E-state index contributed by atoms with van der Waals surface area (Å²) in [6.07, 6.45) is 1.92. The fourth-order valence-electron chi connectivity index (χ4n) is 5.12. The fourth-order valence-corrected chi connectivity index (χ4v) is 5.12. The molecule has 0 unspecified atom stereocenters. The second-order valence-electron chi connectivity index (χ2n) is 10.1. The van der Waals surface area contributed by atoms with Crippen molar-refractivity contribution in [1.82, 2.24) is 0 Å². The Balaban J connectivity index is 1.36. The molecule has 6 aromatic carbocycles. The molecule has 0 heterocycles. The van der Waals surface area contributed by atoms with Crippen LogP contribution < -0.4 is 15.0 Å². The Kier molecular flexibility index (Phi) is 8.57. The Morgan fingerprint density at radius 2 is 1.26 bits per heavy atom. The van der Waals surface area contributed by atoms with Crippen molar-refractivity contribution in [2.24, 2.45) is 4.99 Å². The van der Waals surface area contributed by atoms with E-state index < -0.39 is 0 Å². The molecule has 4 nitrogen and oxygen atoms in total. The average molecular weight is 560 g/mol. The smallest absolute Gasteiger partial charge is 0.119 e. The Hall–Kier alpha value is -5.61. The molecule has 4 heteroatoms. The van der Waals surface area contributed by atoms with E-state index in [1.165, 1.54) is 0 Å². The largest absolute Gasteiger partial charge is 0.497 e. The minimum atomic E-state index is 0.633. The molecule has 0 atom stereocenters. The van der Waals surface area contributed by atoms with Crippen molar-refractivity contribution in [2.45, 2.75) is 6.54 Å². The van der Waals surface area contributed by atoms with Crippen molar-refractivity contribution in [1.29, 1.82) is 0 Å². The summed E-state index contributed by atoms with van der Waals surface area (Å²) in [5.41, 5.74) is 9.72. The van der Waals surface area contributed by atoms with Crippen molar-refractivity contribution in [3.05, 3.63) is 169 Å². The lowest BCUT2D eigenvalue weighted by atomic mass is 9.99. The molecule has 0 fully saturated rings. The maximum absolute atomic E-state index is 5.45. The van der Waals surface area contributed by atoms with Crippen LogP contribution in [0.15, 0.2) is 163 Å². The van der Waals surface area contributed by atoms with E-state index in [-0.39, 0.29) is 0 Å². The van der Waals surface area contributed by atoms with Crippen LogP contribution in [0.5, 0.6) is 5.75 Å². The molecule has 0 aliphatic heterocycles. The van der Waals surface area contributed by atoms with E-state index in [1.807, 2.05) is 42.6 Å². The number of methoxy groups -OCH3 is 1. The SMILES string of the molecule is COc1ccc(N(c2ccccc2)c2cccc(Nc3ccc(C/N=C/c4ccccc4)cc3)c2-c2ccccc2)cc1. The Bertz CT molecular complexity index is 1770. The minimum Gasteiger partial charge on any atom is -0.497 e. The van der Waals surface area contributed by atoms with Crippen molar-refractivity contribution in [3.8, 4) is 16.9 Å². The van der Waals surface area contributed by atoms with Crippen LogP contribution in [-0.2, 0) is 6.54 Å². The predicted molar refractivity (Wildman–Crippen MR) is 181 cm³/mol. The summed E-state index contributed by atoms with van der Waals surface area (Å²) in [5.74, 6) is 0.824. The van der Waals surface area contributed by atoms with E-state index in [0.717, 1.165) is 56.4 Å².